The van der Waals surface area contributed by atoms with E-state index in [0.29, 0.717) is 5.69 Å². The maximum Gasteiger partial charge on any atom is 0.274 e. The van der Waals surface area contributed by atoms with Crippen molar-refractivity contribution in [1.82, 2.24) is 24.1 Å². The molecule has 0 saturated carbocycles. The molecule has 1 atom stereocenters. The number of aromatic nitrogens is 4. The van der Waals surface area contributed by atoms with Crippen molar-refractivity contribution in [2.75, 3.05) is 6.54 Å². The smallest absolute Gasteiger partial charge is 0.274 e. The normalized spacial score (nSPS) is 17.6. The van der Waals surface area contributed by atoms with Gasteiger partial charge in [0.25, 0.3) is 5.91 Å². The van der Waals surface area contributed by atoms with Crippen LogP contribution in [-0.2, 0) is 7.05 Å². The summed E-state index contributed by atoms with van der Waals surface area (Å²) in [5, 5.41) is 4.53. The Morgan fingerprint density at radius 1 is 1.28 bits per heavy atom. The summed E-state index contributed by atoms with van der Waals surface area (Å²) < 4.78 is 3.81. The first-order valence-electron chi connectivity index (χ1n) is 8.72. The highest BCUT2D eigenvalue weighted by atomic mass is 16.2. The molecule has 1 saturated heterocycles. The van der Waals surface area contributed by atoms with Crippen LogP contribution in [0.4, 0.5) is 0 Å². The van der Waals surface area contributed by atoms with Gasteiger partial charge in [-0.15, -0.1) is 0 Å². The van der Waals surface area contributed by atoms with Gasteiger partial charge in [0.2, 0.25) is 0 Å². The number of imidazole rings is 1. The summed E-state index contributed by atoms with van der Waals surface area (Å²) in [6.07, 6.45) is 5.77. The van der Waals surface area contributed by atoms with Crippen molar-refractivity contribution in [3.8, 4) is 0 Å². The second-order valence-electron chi connectivity index (χ2n) is 6.96. The molecule has 4 heterocycles. The molecule has 0 aromatic carbocycles. The number of aryl methyl sites for hydroxylation is 3. The van der Waals surface area contributed by atoms with E-state index in [4.69, 9.17) is 0 Å². The van der Waals surface area contributed by atoms with Gasteiger partial charge in [-0.2, -0.15) is 5.10 Å². The van der Waals surface area contributed by atoms with Crippen molar-refractivity contribution in [2.24, 2.45) is 7.05 Å². The van der Waals surface area contributed by atoms with E-state index in [-0.39, 0.29) is 11.9 Å². The molecule has 0 aliphatic carbocycles. The standard InChI is InChI=1S/C19H23N5O/c1-12-7-9-23-11-15(20-17(23)10-12)19(25)24-8-5-6-16(24)18-13(2)21-22(4)14(18)3/h7,9-11,16H,5-6,8H2,1-4H3/t16-/m1/s1. The van der Waals surface area contributed by atoms with Gasteiger partial charge in [-0.25, -0.2) is 4.98 Å². The van der Waals surface area contributed by atoms with Gasteiger partial charge in [0.05, 0.1) is 11.7 Å². The van der Waals surface area contributed by atoms with Crippen molar-refractivity contribution in [3.63, 3.8) is 0 Å². The number of rotatable bonds is 2. The summed E-state index contributed by atoms with van der Waals surface area (Å²) in [4.78, 5) is 19.6. The number of pyridine rings is 1. The number of carbonyl (C=O) groups excluding carboxylic acids is 1. The van der Waals surface area contributed by atoms with Crippen LogP contribution in [-0.4, -0.2) is 36.5 Å². The highest BCUT2D eigenvalue weighted by molar-refractivity contribution is 5.93. The summed E-state index contributed by atoms with van der Waals surface area (Å²) in [5.74, 6) is 0.00602. The number of fused-ring (bicyclic) bond motifs is 1. The zero-order valence-electron chi connectivity index (χ0n) is 15.2. The van der Waals surface area contributed by atoms with Crippen molar-refractivity contribution in [3.05, 3.63) is 52.7 Å². The van der Waals surface area contributed by atoms with Gasteiger partial charge in [-0.05, 0) is 51.3 Å². The molecule has 4 rings (SSSR count). The predicted molar refractivity (Wildman–Crippen MR) is 95.6 cm³/mol. The van der Waals surface area contributed by atoms with Crippen LogP contribution in [0.25, 0.3) is 5.65 Å². The minimum absolute atomic E-state index is 0.00602. The summed E-state index contributed by atoms with van der Waals surface area (Å²) in [7, 11) is 1.96. The fraction of sp³-hybridized carbons (Fsp3) is 0.421. The maximum absolute atomic E-state index is 13.1. The Balaban J connectivity index is 1.70. The van der Waals surface area contributed by atoms with Crippen molar-refractivity contribution in [2.45, 2.75) is 39.7 Å². The van der Waals surface area contributed by atoms with Crippen LogP contribution in [0.15, 0.2) is 24.5 Å². The number of hydrogen-bond acceptors (Lipinski definition) is 3. The average Bonchev–Trinajstić information content (AvgIpc) is 3.25. The fourth-order valence-corrected chi connectivity index (χ4v) is 3.92. The van der Waals surface area contributed by atoms with Crippen LogP contribution in [0, 0.1) is 20.8 Å². The van der Waals surface area contributed by atoms with Crippen molar-refractivity contribution >= 4 is 11.6 Å². The molecule has 0 N–H and O–H groups in total. The molecule has 0 bridgehead atoms. The van der Waals surface area contributed by atoms with Crippen LogP contribution in [0.3, 0.4) is 0 Å². The van der Waals surface area contributed by atoms with Crippen LogP contribution >= 0.6 is 0 Å². The molecular weight excluding hydrogens is 314 g/mol. The molecule has 25 heavy (non-hydrogen) atoms. The Hall–Kier alpha value is -2.63. The molecule has 3 aromatic rings. The van der Waals surface area contributed by atoms with Crippen molar-refractivity contribution < 1.29 is 4.79 Å². The topological polar surface area (TPSA) is 55.4 Å². The molecule has 1 amide bonds. The molecule has 130 valence electrons. The minimum atomic E-state index is 0.00602. The van der Waals surface area contributed by atoms with Crippen LogP contribution in [0.2, 0.25) is 0 Å². The first kappa shape index (κ1) is 15.9. The number of likely N-dealkylation sites (tertiary alicyclic amines) is 1. The number of carbonyl (C=O) groups is 1. The summed E-state index contributed by atoms with van der Waals surface area (Å²) in [6, 6.07) is 4.10. The zero-order valence-corrected chi connectivity index (χ0v) is 15.2. The lowest BCUT2D eigenvalue weighted by molar-refractivity contribution is 0.0729. The zero-order chi connectivity index (χ0) is 17.7. The third kappa shape index (κ3) is 2.52. The molecule has 6 nitrogen and oxygen atoms in total. The Labute approximate surface area is 147 Å². The third-order valence-electron chi connectivity index (χ3n) is 5.25. The van der Waals surface area contributed by atoms with E-state index >= 15 is 0 Å². The van der Waals surface area contributed by atoms with Gasteiger partial charge < -0.3 is 9.30 Å². The maximum atomic E-state index is 13.1. The van der Waals surface area contributed by atoms with Gasteiger partial charge in [0.15, 0.2) is 0 Å². The first-order chi connectivity index (χ1) is 12.0. The Morgan fingerprint density at radius 3 is 2.80 bits per heavy atom. The predicted octanol–water partition coefficient (Wildman–Crippen LogP) is 2.97. The lowest BCUT2D eigenvalue weighted by atomic mass is 10.0. The second-order valence-corrected chi connectivity index (χ2v) is 6.96. The molecule has 0 radical (unpaired) electrons. The summed E-state index contributed by atoms with van der Waals surface area (Å²) in [6.45, 7) is 6.89. The monoisotopic (exact) mass is 337 g/mol. The van der Waals surface area contributed by atoms with E-state index in [0.717, 1.165) is 42.0 Å². The van der Waals surface area contributed by atoms with Gasteiger partial charge >= 0.3 is 0 Å². The van der Waals surface area contributed by atoms with E-state index in [1.54, 1.807) is 0 Å². The van der Waals surface area contributed by atoms with Gasteiger partial charge in [-0.3, -0.25) is 9.48 Å². The lowest BCUT2D eigenvalue weighted by Gasteiger charge is -2.24. The SMILES string of the molecule is Cc1ccn2cc(C(=O)N3CCC[C@@H]3c3c(C)nn(C)c3C)nc2c1. The second kappa shape index (κ2) is 5.72. The van der Waals surface area contributed by atoms with Gasteiger partial charge in [0.1, 0.15) is 11.3 Å². The van der Waals surface area contributed by atoms with E-state index in [1.807, 2.05) is 59.4 Å². The van der Waals surface area contributed by atoms with Crippen molar-refractivity contribution in [1.29, 1.82) is 0 Å². The van der Waals surface area contributed by atoms with E-state index < -0.39 is 0 Å². The molecule has 6 heteroatoms. The average molecular weight is 337 g/mol. The molecule has 1 fully saturated rings. The number of hydrogen-bond donors (Lipinski definition) is 0. The molecule has 0 spiro atoms. The summed E-state index contributed by atoms with van der Waals surface area (Å²) >= 11 is 0. The number of nitrogens with zero attached hydrogens (tertiary/aromatic N) is 5. The Kier molecular flexibility index (Phi) is 3.63. The lowest BCUT2D eigenvalue weighted by Crippen LogP contribution is -2.31. The van der Waals surface area contributed by atoms with Gasteiger partial charge in [-0.1, -0.05) is 0 Å². The first-order valence-corrected chi connectivity index (χ1v) is 8.72. The highest BCUT2D eigenvalue weighted by Crippen LogP contribution is 2.36. The van der Waals surface area contributed by atoms with E-state index in [2.05, 4.69) is 17.0 Å². The van der Waals surface area contributed by atoms with Crippen LogP contribution < -0.4 is 0 Å². The fourth-order valence-electron chi connectivity index (χ4n) is 3.92. The quantitative estimate of drug-likeness (QED) is 0.722. The third-order valence-corrected chi connectivity index (χ3v) is 5.25. The van der Waals surface area contributed by atoms with Crippen LogP contribution in [0.1, 0.15) is 51.9 Å². The minimum Gasteiger partial charge on any atom is -0.330 e. The Morgan fingerprint density at radius 2 is 2.08 bits per heavy atom. The Bertz CT molecular complexity index is 968. The molecule has 3 aromatic heterocycles. The molecule has 0 unspecified atom stereocenters. The largest absolute Gasteiger partial charge is 0.330 e. The summed E-state index contributed by atoms with van der Waals surface area (Å²) in [5.41, 5.74) is 5.79. The van der Waals surface area contributed by atoms with E-state index in [9.17, 15) is 4.79 Å². The van der Waals surface area contributed by atoms with E-state index in [1.165, 1.54) is 5.56 Å². The van der Waals surface area contributed by atoms with Crippen LogP contribution in [0.5, 0.6) is 0 Å². The number of amides is 1. The highest BCUT2D eigenvalue weighted by Gasteiger charge is 2.34. The molecule has 1 aliphatic heterocycles. The molecular formula is C19H23N5O. The van der Waals surface area contributed by atoms with Gasteiger partial charge in [0, 0.05) is 37.2 Å². The molecule has 1 aliphatic rings.